The van der Waals surface area contributed by atoms with Gasteiger partial charge in [-0.2, -0.15) is 0 Å². The van der Waals surface area contributed by atoms with Crippen molar-refractivity contribution in [3.8, 4) is 0 Å². The molecule has 6 rings (SSSR count). The Labute approximate surface area is 249 Å². The van der Waals surface area contributed by atoms with Crippen LogP contribution in [0.25, 0.3) is 0 Å². The summed E-state index contributed by atoms with van der Waals surface area (Å²) in [4.78, 5) is 32.9. The van der Waals surface area contributed by atoms with E-state index in [0.29, 0.717) is 84.6 Å². The summed E-state index contributed by atoms with van der Waals surface area (Å²) in [5, 5.41) is 2.19. The fourth-order valence-electron chi connectivity index (χ4n) is 6.19. The molecule has 0 bridgehead atoms. The number of amides is 2. The molecule has 2 aliphatic heterocycles. The van der Waals surface area contributed by atoms with Crippen LogP contribution >= 0.6 is 22.9 Å². The standard InChI is InChI=1S/C32H35ClFN3O3S/c1-32(2,3)21-6-4-20(5-7-21)30(38)36-17-23-24(18-36)25(23)19-37(31(39)29-26(33)10-15-41-29)22-8-9-28(27(34)16-22)35-11-13-40-14-12-35/h4-10,15-16,23-25H,11-14,17-19H2,1-3H3. The van der Waals surface area contributed by atoms with Crippen LogP contribution in [-0.4, -0.2) is 62.7 Å². The van der Waals surface area contributed by atoms with E-state index in [2.05, 4.69) is 20.8 Å². The van der Waals surface area contributed by atoms with E-state index in [4.69, 9.17) is 16.3 Å². The molecule has 6 nitrogen and oxygen atoms in total. The van der Waals surface area contributed by atoms with E-state index >= 15 is 4.39 Å². The number of hydrogen-bond acceptors (Lipinski definition) is 5. The van der Waals surface area contributed by atoms with Gasteiger partial charge in [0.2, 0.25) is 0 Å². The summed E-state index contributed by atoms with van der Waals surface area (Å²) in [6, 6.07) is 14.7. The van der Waals surface area contributed by atoms with Gasteiger partial charge in [-0.1, -0.05) is 44.5 Å². The Morgan fingerprint density at radius 3 is 2.32 bits per heavy atom. The maximum atomic E-state index is 15.4. The molecule has 0 N–H and O–H groups in total. The van der Waals surface area contributed by atoms with E-state index in [-0.39, 0.29) is 29.0 Å². The van der Waals surface area contributed by atoms with Gasteiger partial charge >= 0.3 is 0 Å². The normalized spacial score (nSPS) is 22.0. The lowest BCUT2D eigenvalue weighted by molar-refractivity contribution is 0.0766. The molecule has 2 amide bonds. The van der Waals surface area contributed by atoms with Gasteiger partial charge in [0.25, 0.3) is 11.8 Å². The van der Waals surface area contributed by atoms with Gasteiger partial charge in [-0.05, 0) is 70.5 Å². The van der Waals surface area contributed by atoms with E-state index in [1.54, 1.807) is 22.4 Å². The highest BCUT2D eigenvalue weighted by molar-refractivity contribution is 7.12. The molecule has 1 aromatic heterocycles. The zero-order chi connectivity index (χ0) is 28.9. The summed E-state index contributed by atoms with van der Waals surface area (Å²) in [5.41, 5.74) is 2.98. The molecule has 216 valence electrons. The summed E-state index contributed by atoms with van der Waals surface area (Å²) >= 11 is 7.64. The Balaban J connectivity index is 1.16. The number of morpholine rings is 1. The lowest BCUT2D eigenvalue weighted by Crippen LogP contribution is -2.37. The van der Waals surface area contributed by atoms with Crippen LogP contribution in [0.15, 0.2) is 53.9 Å². The number of hydrogen-bond donors (Lipinski definition) is 0. The van der Waals surface area contributed by atoms with Crippen molar-refractivity contribution in [2.45, 2.75) is 26.2 Å². The maximum absolute atomic E-state index is 15.4. The Bertz CT molecular complexity index is 1440. The van der Waals surface area contributed by atoms with Crippen molar-refractivity contribution in [3.63, 3.8) is 0 Å². The first-order valence-electron chi connectivity index (χ1n) is 14.2. The number of nitrogens with zero attached hydrogens (tertiary/aromatic N) is 3. The van der Waals surface area contributed by atoms with Crippen LogP contribution in [0.4, 0.5) is 15.8 Å². The van der Waals surface area contributed by atoms with E-state index in [0.717, 1.165) is 0 Å². The summed E-state index contributed by atoms with van der Waals surface area (Å²) in [6.07, 6.45) is 0. The third kappa shape index (κ3) is 5.62. The summed E-state index contributed by atoms with van der Waals surface area (Å²) < 4.78 is 20.8. The fraction of sp³-hybridized carbons (Fsp3) is 0.438. The topological polar surface area (TPSA) is 53.1 Å². The van der Waals surface area contributed by atoms with Gasteiger partial charge in [0.05, 0.1) is 23.9 Å². The van der Waals surface area contributed by atoms with Crippen molar-refractivity contribution < 1.29 is 18.7 Å². The second-order valence-electron chi connectivity index (χ2n) is 12.3. The highest BCUT2D eigenvalue weighted by Gasteiger charge is 2.57. The van der Waals surface area contributed by atoms with Gasteiger partial charge in [0.15, 0.2) is 0 Å². The lowest BCUT2D eigenvalue weighted by Gasteiger charge is -2.30. The Morgan fingerprint density at radius 1 is 1.05 bits per heavy atom. The molecule has 1 saturated carbocycles. The minimum absolute atomic E-state index is 0.0342. The SMILES string of the molecule is CC(C)(C)c1ccc(C(=O)N2CC3C(C2)C3CN(C(=O)c2sccc2Cl)c2ccc(N3CCOCC3)c(F)c2)cc1. The number of likely N-dealkylation sites (tertiary alicyclic amines) is 1. The van der Waals surface area contributed by atoms with Crippen molar-refractivity contribution >= 4 is 46.1 Å². The number of thiophene rings is 1. The largest absolute Gasteiger partial charge is 0.378 e. The number of rotatable bonds is 6. The number of benzene rings is 2. The first-order valence-corrected chi connectivity index (χ1v) is 15.4. The number of piperidine rings is 1. The molecular formula is C32H35ClFN3O3S. The van der Waals surface area contributed by atoms with Gasteiger partial charge in [-0.15, -0.1) is 11.3 Å². The zero-order valence-corrected chi connectivity index (χ0v) is 25.2. The summed E-state index contributed by atoms with van der Waals surface area (Å²) in [5.74, 6) is 0.353. The van der Waals surface area contributed by atoms with E-state index < -0.39 is 0 Å². The van der Waals surface area contributed by atoms with Crippen molar-refractivity contribution in [1.82, 2.24) is 4.90 Å². The number of fused-ring (bicyclic) bond motifs is 1. The van der Waals surface area contributed by atoms with Crippen LogP contribution in [0, 0.1) is 23.6 Å². The smallest absolute Gasteiger partial charge is 0.269 e. The second-order valence-corrected chi connectivity index (χ2v) is 13.6. The van der Waals surface area contributed by atoms with E-state index in [9.17, 15) is 9.59 Å². The van der Waals surface area contributed by atoms with Crippen molar-refractivity contribution in [2.75, 3.05) is 55.7 Å². The van der Waals surface area contributed by atoms with Gasteiger partial charge in [0, 0.05) is 44.0 Å². The molecule has 9 heteroatoms. The zero-order valence-electron chi connectivity index (χ0n) is 23.6. The molecule has 3 heterocycles. The van der Waals surface area contributed by atoms with E-state index in [1.165, 1.54) is 23.0 Å². The van der Waals surface area contributed by atoms with Crippen LogP contribution in [0.3, 0.4) is 0 Å². The van der Waals surface area contributed by atoms with Crippen LogP contribution in [0.1, 0.15) is 46.4 Å². The van der Waals surface area contributed by atoms with Gasteiger partial charge < -0.3 is 19.4 Å². The fourth-order valence-corrected chi connectivity index (χ4v) is 7.28. The van der Waals surface area contributed by atoms with Crippen molar-refractivity contribution in [3.05, 3.63) is 80.8 Å². The molecule has 41 heavy (non-hydrogen) atoms. The molecule has 1 aliphatic carbocycles. The quantitative estimate of drug-likeness (QED) is 0.334. The first kappa shape index (κ1) is 28.2. The van der Waals surface area contributed by atoms with Gasteiger partial charge in [0.1, 0.15) is 10.7 Å². The molecule has 2 saturated heterocycles. The van der Waals surface area contributed by atoms with Crippen molar-refractivity contribution in [2.24, 2.45) is 17.8 Å². The van der Waals surface area contributed by atoms with Gasteiger partial charge in [-0.3, -0.25) is 9.59 Å². The highest BCUT2D eigenvalue weighted by Crippen LogP contribution is 2.52. The maximum Gasteiger partial charge on any atom is 0.269 e. The summed E-state index contributed by atoms with van der Waals surface area (Å²) in [6.45, 7) is 10.7. The Hall–Kier alpha value is -2.94. The molecule has 3 aliphatic rings. The predicted octanol–water partition coefficient (Wildman–Crippen LogP) is 6.34. The number of anilines is 2. The monoisotopic (exact) mass is 595 g/mol. The predicted molar refractivity (Wildman–Crippen MR) is 162 cm³/mol. The molecule has 0 spiro atoms. The van der Waals surface area contributed by atoms with Gasteiger partial charge in [-0.25, -0.2) is 4.39 Å². The average Bonchev–Trinajstić information content (AvgIpc) is 3.26. The Kier molecular flexibility index (Phi) is 7.59. The van der Waals surface area contributed by atoms with Crippen molar-refractivity contribution in [1.29, 1.82) is 0 Å². The molecule has 2 atom stereocenters. The van der Waals surface area contributed by atoms with Crippen LogP contribution < -0.4 is 9.80 Å². The number of carbonyl (C=O) groups is 2. The molecule has 2 aromatic carbocycles. The number of halogens is 2. The molecule has 3 aromatic rings. The number of carbonyl (C=O) groups excluding carboxylic acids is 2. The third-order valence-corrected chi connectivity index (χ3v) is 10.0. The minimum Gasteiger partial charge on any atom is -0.378 e. The molecule has 0 radical (unpaired) electrons. The molecule has 3 fully saturated rings. The third-order valence-electron chi connectivity index (χ3n) is 8.70. The molecule has 2 unspecified atom stereocenters. The lowest BCUT2D eigenvalue weighted by atomic mass is 9.86. The number of ether oxygens (including phenoxy) is 1. The van der Waals surface area contributed by atoms with E-state index in [1.807, 2.05) is 40.1 Å². The summed E-state index contributed by atoms with van der Waals surface area (Å²) in [7, 11) is 0. The second kappa shape index (κ2) is 11.0. The molecular weight excluding hydrogens is 561 g/mol. The minimum atomic E-state index is -0.357. The first-order chi connectivity index (χ1) is 19.6. The average molecular weight is 596 g/mol. The highest BCUT2D eigenvalue weighted by atomic mass is 35.5. The van der Waals surface area contributed by atoms with Crippen LogP contribution in [0.5, 0.6) is 0 Å². The Morgan fingerprint density at radius 2 is 1.73 bits per heavy atom. The van der Waals surface area contributed by atoms with Crippen LogP contribution in [0.2, 0.25) is 5.02 Å². The van der Waals surface area contributed by atoms with Crippen LogP contribution in [-0.2, 0) is 10.2 Å².